The van der Waals surface area contributed by atoms with Gasteiger partial charge in [0.05, 0.1) is 14.4 Å². The molecule has 0 saturated heterocycles. The van der Waals surface area contributed by atoms with E-state index in [0.29, 0.717) is 17.7 Å². The largest absolute Gasteiger partial charge is 0.293 e. The van der Waals surface area contributed by atoms with E-state index in [4.69, 9.17) is 0 Å². The molecule has 15 heavy (non-hydrogen) atoms. The molecule has 3 nitrogen and oxygen atoms in total. The minimum Gasteiger partial charge on any atom is -0.293 e. The minimum absolute atomic E-state index is 0.00866. The molecule has 0 aliphatic heterocycles. The Morgan fingerprint density at radius 2 is 2.13 bits per heavy atom. The van der Waals surface area contributed by atoms with Gasteiger partial charge in [-0.15, -0.1) is 11.3 Å². The van der Waals surface area contributed by atoms with Gasteiger partial charge in [-0.25, -0.2) is 8.42 Å². The standard InChI is InChI=1S/C9H11BrO3S2/c1-15(12,13)6-2-3-7(11)8-4-5-9(10)14-8/h4-5H,2-3,6H2,1H3. The maximum Gasteiger partial charge on any atom is 0.172 e. The first kappa shape index (κ1) is 12.9. The van der Waals surface area contributed by atoms with Crippen molar-refractivity contribution in [3.8, 4) is 0 Å². The quantitative estimate of drug-likeness (QED) is 0.785. The molecule has 0 amide bonds. The molecule has 6 heteroatoms. The van der Waals surface area contributed by atoms with Crippen molar-refractivity contribution < 1.29 is 13.2 Å². The molecular weight excluding hydrogens is 300 g/mol. The lowest BCUT2D eigenvalue weighted by molar-refractivity contribution is 0.0986. The molecule has 0 spiro atoms. The summed E-state index contributed by atoms with van der Waals surface area (Å²) in [7, 11) is -2.95. The van der Waals surface area contributed by atoms with Crippen molar-refractivity contribution in [2.75, 3.05) is 12.0 Å². The van der Waals surface area contributed by atoms with Crippen LogP contribution in [0.3, 0.4) is 0 Å². The zero-order chi connectivity index (χ0) is 11.5. The average molecular weight is 311 g/mol. The van der Waals surface area contributed by atoms with Gasteiger partial charge in [-0.2, -0.15) is 0 Å². The summed E-state index contributed by atoms with van der Waals surface area (Å²) < 4.78 is 22.6. The fraction of sp³-hybridized carbons (Fsp3) is 0.444. The normalized spacial score (nSPS) is 11.6. The van der Waals surface area contributed by atoms with Crippen LogP contribution in [0.4, 0.5) is 0 Å². The summed E-state index contributed by atoms with van der Waals surface area (Å²) in [5, 5.41) is 0. The van der Waals surface area contributed by atoms with Crippen molar-refractivity contribution >= 4 is 42.9 Å². The van der Waals surface area contributed by atoms with Crippen LogP contribution < -0.4 is 0 Å². The lowest BCUT2D eigenvalue weighted by Crippen LogP contribution is -2.05. The van der Waals surface area contributed by atoms with Gasteiger partial charge < -0.3 is 0 Å². The summed E-state index contributed by atoms with van der Waals surface area (Å²) >= 11 is 4.64. The number of rotatable bonds is 5. The van der Waals surface area contributed by atoms with Crippen molar-refractivity contribution in [2.24, 2.45) is 0 Å². The SMILES string of the molecule is CS(=O)(=O)CCCC(=O)c1ccc(Br)s1. The molecule has 0 radical (unpaired) electrons. The first-order chi connectivity index (χ1) is 6.88. The van der Waals surface area contributed by atoms with Crippen LogP contribution in [0.5, 0.6) is 0 Å². The number of carbonyl (C=O) groups excluding carboxylic acids is 1. The highest BCUT2D eigenvalue weighted by Crippen LogP contribution is 2.23. The lowest BCUT2D eigenvalue weighted by Gasteiger charge is -1.97. The molecule has 1 aromatic heterocycles. The summed E-state index contributed by atoms with van der Waals surface area (Å²) in [6.45, 7) is 0. The lowest BCUT2D eigenvalue weighted by atomic mass is 10.2. The van der Waals surface area contributed by atoms with E-state index in [1.807, 2.05) is 6.07 Å². The third-order valence-corrected chi connectivity index (χ3v) is 4.46. The van der Waals surface area contributed by atoms with E-state index in [0.717, 1.165) is 3.79 Å². The van der Waals surface area contributed by atoms with E-state index in [1.165, 1.54) is 17.6 Å². The van der Waals surface area contributed by atoms with Crippen LogP contribution >= 0.6 is 27.3 Å². The van der Waals surface area contributed by atoms with Crippen molar-refractivity contribution in [3.05, 3.63) is 20.8 Å². The number of thiophene rings is 1. The molecule has 0 bridgehead atoms. The van der Waals surface area contributed by atoms with Crippen molar-refractivity contribution in [1.29, 1.82) is 0 Å². The summed E-state index contributed by atoms with van der Waals surface area (Å²) in [5.74, 6) is 0.0833. The van der Waals surface area contributed by atoms with Crippen LogP contribution in [0.15, 0.2) is 15.9 Å². The van der Waals surface area contributed by atoms with Crippen LogP contribution in [0, 0.1) is 0 Å². The highest BCUT2D eigenvalue weighted by Gasteiger charge is 2.10. The molecule has 84 valence electrons. The average Bonchev–Trinajstić information content (AvgIpc) is 2.49. The van der Waals surface area contributed by atoms with E-state index in [9.17, 15) is 13.2 Å². The molecule has 1 aromatic rings. The maximum absolute atomic E-state index is 11.5. The molecule has 1 heterocycles. The Bertz CT molecular complexity index is 448. The first-order valence-corrected chi connectivity index (χ1v) is 8.02. The smallest absolute Gasteiger partial charge is 0.172 e. The Hall–Kier alpha value is -0.200. The number of carbonyl (C=O) groups is 1. The van der Waals surface area contributed by atoms with Crippen LogP contribution in [0.2, 0.25) is 0 Å². The van der Waals surface area contributed by atoms with Gasteiger partial charge in [-0.1, -0.05) is 0 Å². The van der Waals surface area contributed by atoms with Crippen molar-refractivity contribution in [2.45, 2.75) is 12.8 Å². The third kappa shape index (κ3) is 4.90. The molecule has 0 saturated carbocycles. The summed E-state index contributed by atoms with van der Waals surface area (Å²) in [6.07, 6.45) is 1.87. The first-order valence-electron chi connectivity index (χ1n) is 4.35. The number of ketones is 1. The number of sulfone groups is 1. The van der Waals surface area contributed by atoms with Gasteiger partial charge in [0.1, 0.15) is 9.84 Å². The molecule has 0 unspecified atom stereocenters. The highest BCUT2D eigenvalue weighted by atomic mass is 79.9. The maximum atomic E-state index is 11.5. The summed E-state index contributed by atoms with van der Waals surface area (Å²) in [5.41, 5.74) is 0. The Morgan fingerprint density at radius 1 is 1.47 bits per heavy atom. The van der Waals surface area contributed by atoms with Crippen LogP contribution in [0.1, 0.15) is 22.5 Å². The highest BCUT2D eigenvalue weighted by molar-refractivity contribution is 9.11. The Morgan fingerprint density at radius 3 is 2.60 bits per heavy atom. The van der Waals surface area contributed by atoms with Crippen LogP contribution in [-0.2, 0) is 9.84 Å². The minimum atomic E-state index is -2.95. The van der Waals surface area contributed by atoms with E-state index in [1.54, 1.807) is 6.07 Å². The number of hydrogen-bond donors (Lipinski definition) is 0. The zero-order valence-corrected chi connectivity index (χ0v) is 11.4. The molecular formula is C9H11BrO3S2. The van der Waals surface area contributed by atoms with Gasteiger partial charge in [0, 0.05) is 12.7 Å². The fourth-order valence-corrected chi connectivity index (χ4v) is 3.10. The second kappa shape index (κ2) is 5.23. The Kier molecular flexibility index (Phi) is 4.48. The fourth-order valence-electron chi connectivity index (χ4n) is 1.08. The number of halogens is 1. The predicted molar refractivity (Wildman–Crippen MR) is 65.3 cm³/mol. The van der Waals surface area contributed by atoms with Gasteiger partial charge in [0.15, 0.2) is 5.78 Å². The topological polar surface area (TPSA) is 51.2 Å². The van der Waals surface area contributed by atoms with Crippen molar-refractivity contribution in [1.82, 2.24) is 0 Å². The zero-order valence-electron chi connectivity index (χ0n) is 8.20. The van der Waals surface area contributed by atoms with Gasteiger partial charge in [0.2, 0.25) is 0 Å². The summed E-state index contributed by atoms with van der Waals surface area (Å²) in [4.78, 5) is 12.2. The van der Waals surface area contributed by atoms with Crippen LogP contribution in [-0.4, -0.2) is 26.2 Å². The predicted octanol–water partition coefficient (Wildman–Crippen LogP) is 2.52. The Balaban J connectivity index is 2.44. The second-order valence-corrected chi connectivity index (χ2v) is 7.98. The van der Waals surface area contributed by atoms with Gasteiger partial charge in [-0.3, -0.25) is 4.79 Å². The number of Topliss-reactive ketones (excluding diaryl/α,β-unsaturated/α-hetero) is 1. The molecule has 0 aromatic carbocycles. The number of hydrogen-bond acceptors (Lipinski definition) is 4. The van der Waals surface area contributed by atoms with Gasteiger partial charge in [-0.05, 0) is 34.5 Å². The third-order valence-electron chi connectivity index (χ3n) is 1.77. The van der Waals surface area contributed by atoms with E-state index in [2.05, 4.69) is 15.9 Å². The van der Waals surface area contributed by atoms with E-state index < -0.39 is 9.84 Å². The monoisotopic (exact) mass is 310 g/mol. The summed E-state index contributed by atoms with van der Waals surface area (Å²) in [6, 6.07) is 3.56. The molecule has 0 N–H and O–H groups in total. The van der Waals surface area contributed by atoms with Crippen molar-refractivity contribution in [3.63, 3.8) is 0 Å². The van der Waals surface area contributed by atoms with E-state index in [-0.39, 0.29) is 11.5 Å². The second-order valence-electron chi connectivity index (χ2n) is 3.26. The van der Waals surface area contributed by atoms with E-state index >= 15 is 0 Å². The molecule has 0 aliphatic rings. The molecule has 0 aliphatic carbocycles. The molecule has 1 rings (SSSR count). The van der Waals surface area contributed by atoms with Gasteiger partial charge >= 0.3 is 0 Å². The molecule has 0 fully saturated rings. The molecule has 0 atom stereocenters. The van der Waals surface area contributed by atoms with Crippen LogP contribution in [0.25, 0.3) is 0 Å². The van der Waals surface area contributed by atoms with Gasteiger partial charge in [0.25, 0.3) is 0 Å². The Labute approximate surface area is 102 Å².